The fraction of sp³-hybridized carbons (Fsp3) is 0.542. The summed E-state index contributed by atoms with van der Waals surface area (Å²) in [6, 6.07) is 8.38. The molecular weight excluding hydrogens is 382 g/mol. The van der Waals surface area contributed by atoms with Crippen molar-refractivity contribution in [1.82, 2.24) is 0 Å². The Kier molecular flexibility index (Phi) is 5.71. The van der Waals surface area contributed by atoms with Crippen LogP contribution in [0.3, 0.4) is 0 Å². The summed E-state index contributed by atoms with van der Waals surface area (Å²) in [4.78, 5) is 16.3. The first kappa shape index (κ1) is 20.4. The summed E-state index contributed by atoms with van der Waals surface area (Å²) in [7, 11) is 0. The fourth-order valence-electron chi connectivity index (χ4n) is 4.19. The van der Waals surface area contributed by atoms with Gasteiger partial charge in [-0.15, -0.1) is 11.3 Å². The van der Waals surface area contributed by atoms with Crippen LogP contribution < -0.4 is 9.64 Å². The van der Waals surface area contributed by atoms with Crippen LogP contribution >= 0.6 is 11.3 Å². The largest absolute Gasteiger partial charge is 0.493 e. The molecule has 0 amide bonds. The Hall–Kier alpha value is -1.85. The number of nitrogens with zero attached hydrogens (tertiary/aromatic N) is 1. The molecule has 1 aromatic heterocycles. The third-order valence-corrected chi connectivity index (χ3v) is 6.87. The van der Waals surface area contributed by atoms with Crippen molar-refractivity contribution in [3.63, 3.8) is 0 Å². The first-order chi connectivity index (χ1) is 13.8. The summed E-state index contributed by atoms with van der Waals surface area (Å²) in [5.41, 5.74) is 3.59. The van der Waals surface area contributed by atoms with E-state index in [1.54, 1.807) is 11.3 Å². The number of rotatable bonds is 5. The zero-order chi connectivity index (χ0) is 20.6. The van der Waals surface area contributed by atoms with Crippen LogP contribution in [0.15, 0.2) is 24.3 Å². The van der Waals surface area contributed by atoms with Gasteiger partial charge < -0.3 is 14.4 Å². The lowest BCUT2D eigenvalue weighted by molar-refractivity contribution is 0.0918. The second kappa shape index (κ2) is 8.11. The van der Waals surface area contributed by atoms with E-state index >= 15 is 0 Å². The Morgan fingerprint density at radius 3 is 2.69 bits per heavy atom. The molecule has 1 fully saturated rings. The van der Waals surface area contributed by atoms with Crippen molar-refractivity contribution < 1.29 is 14.3 Å². The summed E-state index contributed by atoms with van der Waals surface area (Å²) >= 11 is 1.68. The zero-order valence-electron chi connectivity index (χ0n) is 17.9. The van der Waals surface area contributed by atoms with Crippen LogP contribution in [0, 0.1) is 11.3 Å². The molecule has 5 heteroatoms. The number of carbonyl (C=O) groups excluding carboxylic acids is 1. The molecule has 0 unspecified atom stereocenters. The molecule has 4 nitrogen and oxygen atoms in total. The molecule has 2 aromatic rings. The Bertz CT molecular complexity index is 894. The van der Waals surface area contributed by atoms with Gasteiger partial charge in [-0.1, -0.05) is 39.8 Å². The minimum absolute atomic E-state index is 0.00601. The van der Waals surface area contributed by atoms with Gasteiger partial charge in [-0.05, 0) is 41.0 Å². The molecule has 0 saturated carbocycles. The van der Waals surface area contributed by atoms with Crippen molar-refractivity contribution in [2.24, 2.45) is 11.3 Å². The van der Waals surface area contributed by atoms with Gasteiger partial charge in [0.1, 0.15) is 5.75 Å². The van der Waals surface area contributed by atoms with Gasteiger partial charge in [-0.2, -0.15) is 0 Å². The second-order valence-corrected chi connectivity index (χ2v) is 10.4. The fourth-order valence-corrected chi connectivity index (χ4v) is 5.52. The van der Waals surface area contributed by atoms with Gasteiger partial charge in [0.05, 0.1) is 29.7 Å². The number of hydrogen-bond acceptors (Lipinski definition) is 5. The third-order valence-electron chi connectivity index (χ3n) is 5.54. The number of ketones is 1. The van der Waals surface area contributed by atoms with E-state index in [1.807, 2.05) is 6.07 Å². The number of benzene rings is 1. The summed E-state index contributed by atoms with van der Waals surface area (Å²) in [5.74, 6) is 1.66. The second-order valence-electron chi connectivity index (χ2n) is 9.36. The third kappa shape index (κ3) is 4.36. The van der Waals surface area contributed by atoms with Crippen LogP contribution in [-0.4, -0.2) is 38.7 Å². The van der Waals surface area contributed by atoms with Gasteiger partial charge in [0.2, 0.25) is 0 Å². The molecule has 2 heterocycles. The highest BCUT2D eigenvalue weighted by atomic mass is 32.1. The number of Topliss-reactive ketones (excluding diaryl/α,β-unsaturated/α-hetero) is 1. The maximum atomic E-state index is 13.0. The summed E-state index contributed by atoms with van der Waals surface area (Å²) < 4.78 is 11.6. The van der Waals surface area contributed by atoms with Crippen molar-refractivity contribution in [3.05, 3.63) is 34.7 Å². The van der Waals surface area contributed by atoms with E-state index in [9.17, 15) is 4.79 Å². The highest BCUT2D eigenvalue weighted by Crippen LogP contribution is 2.49. The summed E-state index contributed by atoms with van der Waals surface area (Å²) in [5, 5.41) is 1.21. The number of carbonyl (C=O) groups is 1. The van der Waals surface area contributed by atoms with Crippen LogP contribution in [0.4, 0.5) is 5.00 Å². The van der Waals surface area contributed by atoms with Crippen molar-refractivity contribution in [2.75, 3.05) is 37.8 Å². The Morgan fingerprint density at radius 1 is 1.21 bits per heavy atom. The molecule has 29 heavy (non-hydrogen) atoms. The summed E-state index contributed by atoms with van der Waals surface area (Å²) in [6.45, 7) is 12.6. The van der Waals surface area contributed by atoms with Gasteiger partial charge in [-0.25, -0.2) is 0 Å². The maximum Gasteiger partial charge on any atom is 0.173 e. The average Bonchev–Trinajstić information content (AvgIpc) is 3.06. The van der Waals surface area contributed by atoms with Gasteiger partial charge in [-0.3, -0.25) is 4.79 Å². The van der Waals surface area contributed by atoms with E-state index in [2.05, 4.69) is 50.8 Å². The number of ether oxygens (including phenoxy) is 2. The molecule has 0 radical (unpaired) electrons. The molecule has 4 rings (SSSR count). The zero-order valence-corrected chi connectivity index (χ0v) is 18.7. The molecule has 2 aliphatic rings. The molecule has 156 valence electrons. The van der Waals surface area contributed by atoms with Crippen LogP contribution in [-0.2, 0) is 11.2 Å². The lowest BCUT2D eigenvalue weighted by Crippen LogP contribution is -2.36. The molecule has 0 N–H and O–H groups in total. The van der Waals surface area contributed by atoms with Gasteiger partial charge in [0, 0.05) is 25.1 Å². The first-order valence-electron chi connectivity index (χ1n) is 10.6. The minimum atomic E-state index is -0.00601. The van der Waals surface area contributed by atoms with E-state index in [1.165, 1.54) is 16.1 Å². The smallest absolute Gasteiger partial charge is 0.173 e. The van der Waals surface area contributed by atoms with Crippen molar-refractivity contribution in [1.29, 1.82) is 0 Å². The topological polar surface area (TPSA) is 38.8 Å². The Balaban J connectivity index is 1.81. The molecule has 0 bridgehead atoms. The molecular formula is C24H31NO3S. The van der Waals surface area contributed by atoms with Crippen LogP contribution in [0.2, 0.25) is 0 Å². The first-order valence-corrected chi connectivity index (χ1v) is 11.4. The molecule has 1 aliphatic carbocycles. The van der Waals surface area contributed by atoms with Crippen LogP contribution in [0.25, 0.3) is 11.1 Å². The summed E-state index contributed by atoms with van der Waals surface area (Å²) in [6.07, 6.45) is 1.56. The molecule has 0 spiro atoms. The quantitative estimate of drug-likeness (QED) is 0.654. The number of morpholine rings is 1. The monoisotopic (exact) mass is 413 g/mol. The Labute approximate surface area is 177 Å². The average molecular weight is 414 g/mol. The van der Waals surface area contributed by atoms with Crippen molar-refractivity contribution >= 4 is 22.1 Å². The van der Waals surface area contributed by atoms with Crippen molar-refractivity contribution in [3.8, 4) is 16.9 Å². The van der Waals surface area contributed by atoms with Crippen LogP contribution in [0.5, 0.6) is 5.75 Å². The molecule has 0 atom stereocenters. The Morgan fingerprint density at radius 2 is 1.97 bits per heavy atom. The maximum absolute atomic E-state index is 13.0. The predicted octanol–water partition coefficient (Wildman–Crippen LogP) is 5.44. The van der Waals surface area contributed by atoms with Crippen molar-refractivity contribution in [2.45, 2.75) is 40.5 Å². The SMILES string of the molecule is CC(C)COc1cccc(-c2c(N3CCOCC3)sc3c2CC(C)(C)CC3=O)c1. The van der Waals surface area contributed by atoms with Gasteiger partial charge >= 0.3 is 0 Å². The lowest BCUT2D eigenvalue weighted by atomic mass is 9.75. The van der Waals surface area contributed by atoms with Crippen LogP contribution in [0.1, 0.15) is 49.4 Å². The number of fused-ring (bicyclic) bond motifs is 1. The highest BCUT2D eigenvalue weighted by molar-refractivity contribution is 7.19. The standard InChI is InChI=1S/C24H31NO3S/c1-16(2)15-28-18-7-5-6-17(12-18)21-19-13-24(3,4)14-20(26)22(19)29-23(21)25-8-10-27-11-9-25/h5-7,12,16H,8-11,13-15H2,1-4H3. The van der Waals surface area contributed by atoms with E-state index in [4.69, 9.17) is 9.47 Å². The molecule has 1 aromatic carbocycles. The van der Waals surface area contributed by atoms with Gasteiger partial charge in [0.15, 0.2) is 5.78 Å². The van der Waals surface area contributed by atoms with Gasteiger partial charge in [0.25, 0.3) is 0 Å². The number of thiophene rings is 1. The molecule has 1 aliphatic heterocycles. The molecule has 1 saturated heterocycles. The van der Waals surface area contributed by atoms with E-state index in [0.29, 0.717) is 18.9 Å². The van der Waals surface area contributed by atoms with E-state index in [0.717, 1.165) is 48.9 Å². The number of anilines is 1. The number of hydrogen-bond donors (Lipinski definition) is 0. The predicted molar refractivity (Wildman–Crippen MR) is 120 cm³/mol. The lowest BCUT2D eigenvalue weighted by Gasteiger charge is -2.30. The minimum Gasteiger partial charge on any atom is -0.493 e. The highest BCUT2D eigenvalue weighted by Gasteiger charge is 2.37. The van der Waals surface area contributed by atoms with E-state index in [-0.39, 0.29) is 11.2 Å². The normalized spacial score (nSPS) is 18.8. The van der Waals surface area contributed by atoms with E-state index < -0.39 is 0 Å².